The molecule has 2 aromatic rings. The number of nitrogens with one attached hydrogen (secondary N) is 1. The van der Waals surface area contributed by atoms with Crippen LogP contribution in [0.5, 0.6) is 0 Å². The van der Waals surface area contributed by atoms with Gasteiger partial charge in [-0.2, -0.15) is 0 Å². The van der Waals surface area contributed by atoms with Crippen LogP contribution < -0.4 is 5.32 Å². The van der Waals surface area contributed by atoms with Crippen molar-refractivity contribution in [2.45, 2.75) is 53.9 Å². The highest BCUT2D eigenvalue weighted by Gasteiger charge is 2.34. The van der Waals surface area contributed by atoms with Crippen LogP contribution in [0.2, 0.25) is 0 Å². The lowest BCUT2D eigenvalue weighted by Gasteiger charge is -2.33. The fraction of sp³-hybridized carbons (Fsp3) is 0.478. The number of anilines is 1. The van der Waals surface area contributed by atoms with Crippen molar-refractivity contribution in [1.82, 2.24) is 0 Å². The van der Waals surface area contributed by atoms with Gasteiger partial charge in [-0.1, -0.05) is 38.5 Å². The maximum absolute atomic E-state index is 12.7. The molecule has 0 saturated heterocycles. The summed E-state index contributed by atoms with van der Waals surface area (Å²) in [6, 6.07) is 7.43. The Balaban J connectivity index is 1.93. The van der Waals surface area contributed by atoms with Crippen molar-refractivity contribution in [1.29, 1.82) is 0 Å². The highest BCUT2D eigenvalue weighted by molar-refractivity contribution is 7.17. The molecule has 1 unspecified atom stereocenters. The number of rotatable bonds is 4. The number of esters is 1. The summed E-state index contributed by atoms with van der Waals surface area (Å²) in [4.78, 5) is 26.6. The monoisotopic (exact) mass is 399 g/mol. The van der Waals surface area contributed by atoms with E-state index in [0.29, 0.717) is 28.7 Å². The SMILES string of the molecule is CCOC(=O)c1c(NC(=O)c2ccc(C)cc2)sc2c1CCC(C(C)(C)C)C2. The van der Waals surface area contributed by atoms with E-state index in [9.17, 15) is 9.59 Å². The molecule has 1 heterocycles. The van der Waals surface area contributed by atoms with Gasteiger partial charge in [0.15, 0.2) is 0 Å². The molecule has 1 aliphatic rings. The van der Waals surface area contributed by atoms with Crippen molar-refractivity contribution in [3.8, 4) is 0 Å². The molecule has 0 fully saturated rings. The van der Waals surface area contributed by atoms with Crippen LogP contribution in [-0.2, 0) is 17.6 Å². The zero-order valence-electron chi connectivity index (χ0n) is 17.3. The van der Waals surface area contributed by atoms with E-state index < -0.39 is 0 Å². The van der Waals surface area contributed by atoms with Gasteiger partial charge in [0, 0.05) is 10.4 Å². The number of aryl methyl sites for hydroxylation is 1. The molecular weight excluding hydrogens is 370 g/mol. The lowest BCUT2D eigenvalue weighted by Crippen LogP contribution is -2.26. The van der Waals surface area contributed by atoms with Crippen LogP contribution in [0.1, 0.15) is 70.8 Å². The van der Waals surface area contributed by atoms with Crippen molar-refractivity contribution in [3.63, 3.8) is 0 Å². The van der Waals surface area contributed by atoms with Crippen LogP contribution in [0.4, 0.5) is 5.00 Å². The molecule has 1 amide bonds. The average Bonchev–Trinajstić information content (AvgIpc) is 2.98. The Morgan fingerprint density at radius 3 is 2.50 bits per heavy atom. The molecule has 1 aliphatic carbocycles. The third-order valence-electron chi connectivity index (χ3n) is 5.51. The summed E-state index contributed by atoms with van der Waals surface area (Å²) in [5.74, 6) is 0.0271. The van der Waals surface area contributed by atoms with E-state index in [1.165, 1.54) is 16.2 Å². The summed E-state index contributed by atoms with van der Waals surface area (Å²) in [6.45, 7) is 10.9. The van der Waals surface area contributed by atoms with Crippen LogP contribution in [0, 0.1) is 18.3 Å². The molecule has 0 radical (unpaired) electrons. The van der Waals surface area contributed by atoms with E-state index in [4.69, 9.17) is 4.74 Å². The van der Waals surface area contributed by atoms with Crippen LogP contribution in [0.15, 0.2) is 24.3 Å². The second-order valence-electron chi connectivity index (χ2n) is 8.55. The zero-order chi connectivity index (χ0) is 20.5. The average molecular weight is 400 g/mol. The molecule has 5 heteroatoms. The normalized spacial score (nSPS) is 16.4. The zero-order valence-corrected chi connectivity index (χ0v) is 18.2. The Labute approximate surface area is 171 Å². The first-order valence-electron chi connectivity index (χ1n) is 9.90. The van der Waals surface area contributed by atoms with Gasteiger partial charge in [0.1, 0.15) is 5.00 Å². The second kappa shape index (κ2) is 8.08. The Bertz CT molecular complexity index is 874. The fourth-order valence-electron chi connectivity index (χ4n) is 3.71. The Morgan fingerprint density at radius 1 is 1.21 bits per heavy atom. The first-order chi connectivity index (χ1) is 13.2. The number of ether oxygens (including phenoxy) is 1. The van der Waals surface area contributed by atoms with Gasteiger partial charge in [-0.05, 0) is 62.1 Å². The molecule has 4 nitrogen and oxygen atoms in total. The number of fused-ring (bicyclic) bond motifs is 1. The van der Waals surface area contributed by atoms with E-state index in [2.05, 4.69) is 26.1 Å². The van der Waals surface area contributed by atoms with E-state index in [-0.39, 0.29) is 17.3 Å². The smallest absolute Gasteiger partial charge is 0.341 e. The lowest BCUT2D eigenvalue weighted by atomic mass is 9.72. The van der Waals surface area contributed by atoms with E-state index in [1.807, 2.05) is 19.1 Å². The first kappa shape index (κ1) is 20.6. The molecule has 3 rings (SSSR count). The summed E-state index contributed by atoms with van der Waals surface area (Å²) in [5.41, 5.74) is 3.51. The van der Waals surface area contributed by atoms with E-state index in [1.54, 1.807) is 19.1 Å². The number of thiophene rings is 1. The molecule has 0 aliphatic heterocycles. The van der Waals surface area contributed by atoms with Gasteiger partial charge in [-0.15, -0.1) is 11.3 Å². The molecule has 0 saturated carbocycles. The number of benzene rings is 1. The second-order valence-corrected chi connectivity index (χ2v) is 9.66. The minimum absolute atomic E-state index is 0.198. The highest BCUT2D eigenvalue weighted by Crippen LogP contribution is 2.44. The molecule has 1 atom stereocenters. The Hall–Kier alpha value is -2.14. The van der Waals surface area contributed by atoms with Gasteiger partial charge in [0.2, 0.25) is 0 Å². The van der Waals surface area contributed by atoms with Crippen molar-refractivity contribution in [3.05, 3.63) is 51.4 Å². The van der Waals surface area contributed by atoms with Crippen molar-refractivity contribution in [2.24, 2.45) is 11.3 Å². The molecule has 0 bridgehead atoms. The van der Waals surface area contributed by atoms with Gasteiger partial charge in [0.05, 0.1) is 12.2 Å². The molecule has 1 aromatic carbocycles. The van der Waals surface area contributed by atoms with Crippen LogP contribution >= 0.6 is 11.3 Å². The molecule has 28 heavy (non-hydrogen) atoms. The predicted octanol–water partition coefficient (Wildman–Crippen LogP) is 5.64. The summed E-state index contributed by atoms with van der Waals surface area (Å²) < 4.78 is 5.31. The van der Waals surface area contributed by atoms with E-state index >= 15 is 0 Å². The number of carbonyl (C=O) groups excluding carboxylic acids is 2. The maximum atomic E-state index is 12.7. The lowest BCUT2D eigenvalue weighted by molar-refractivity contribution is 0.0526. The van der Waals surface area contributed by atoms with Gasteiger partial charge in [0.25, 0.3) is 5.91 Å². The molecular formula is C23H29NO3S. The quantitative estimate of drug-likeness (QED) is 0.677. The van der Waals surface area contributed by atoms with Crippen LogP contribution in [0.3, 0.4) is 0 Å². The standard InChI is InChI=1S/C23H29NO3S/c1-6-27-22(26)19-17-12-11-16(23(3,4)5)13-18(17)28-21(19)24-20(25)15-9-7-14(2)8-10-15/h7-10,16H,6,11-13H2,1-5H3,(H,24,25). The molecule has 150 valence electrons. The maximum Gasteiger partial charge on any atom is 0.341 e. The highest BCUT2D eigenvalue weighted by atomic mass is 32.1. The van der Waals surface area contributed by atoms with E-state index in [0.717, 1.165) is 30.4 Å². The minimum atomic E-state index is -0.339. The Morgan fingerprint density at radius 2 is 1.89 bits per heavy atom. The predicted molar refractivity (Wildman–Crippen MR) is 114 cm³/mol. The Kier molecular flexibility index (Phi) is 5.94. The summed E-state index contributed by atoms with van der Waals surface area (Å²) in [7, 11) is 0. The number of amides is 1. The van der Waals surface area contributed by atoms with Crippen molar-refractivity contribution < 1.29 is 14.3 Å². The van der Waals surface area contributed by atoms with Crippen LogP contribution in [0.25, 0.3) is 0 Å². The van der Waals surface area contributed by atoms with Gasteiger partial charge in [-0.3, -0.25) is 4.79 Å². The van der Waals surface area contributed by atoms with Crippen molar-refractivity contribution >= 4 is 28.2 Å². The summed E-state index contributed by atoms with van der Waals surface area (Å²) in [5, 5.41) is 3.59. The van der Waals surface area contributed by atoms with Gasteiger partial charge < -0.3 is 10.1 Å². The largest absolute Gasteiger partial charge is 0.462 e. The van der Waals surface area contributed by atoms with Gasteiger partial charge in [-0.25, -0.2) is 4.79 Å². The third-order valence-corrected chi connectivity index (χ3v) is 6.68. The topological polar surface area (TPSA) is 55.4 Å². The third kappa shape index (κ3) is 4.30. The molecule has 0 spiro atoms. The molecule has 1 aromatic heterocycles. The summed E-state index contributed by atoms with van der Waals surface area (Å²) in [6.07, 6.45) is 2.84. The number of hydrogen-bond donors (Lipinski definition) is 1. The fourth-order valence-corrected chi connectivity index (χ4v) is 5.02. The van der Waals surface area contributed by atoms with Gasteiger partial charge >= 0.3 is 5.97 Å². The van der Waals surface area contributed by atoms with Crippen molar-refractivity contribution in [2.75, 3.05) is 11.9 Å². The van der Waals surface area contributed by atoms with Crippen LogP contribution in [-0.4, -0.2) is 18.5 Å². The number of hydrogen-bond acceptors (Lipinski definition) is 4. The molecule has 1 N–H and O–H groups in total. The first-order valence-corrected chi connectivity index (χ1v) is 10.7. The summed E-state index contributed by atoms with van der Waals surface area (Å²) >= 11 is 1.53. The minimum Gasteiger partial charge on any atom is -0.462 e. The number of carbonyl (C=O) groups is 2.